The van der Waals surface area contributed by atoms with Gasteiger partial charge < -0.3 is 4.74 Å². The Labute approximate surface area is 84.6 Å². The second kappa shape index (κ2) is 3.98. The highest BCUT2D eigenvalue weighted by molar-refractivity contribution is 5.19. The molecule has 0 aliphatic carbocycles. The van der Waals surface area contributed by atoms with Crippen molar-refractivity contribution >= 4 is 0 Å². The first kappa shape index (κ1) is 11.0. The fourth-order valence-electron chi connectivity index (χ4n) is 1.04. The average Bonchev–Trinajstić information content (AvgIpc) is 2.48. The van der Waals surface area contributed by atoms with Crippen LogP contribution in [-0.2, 0) is 0 Å². The molecule has 1 aromatic rings. The van der Waals surface area contributed by atoms with Crippen LogP contribution in [0, 0.1) is 0 Å². The van der Waals surface area contributed by atoms with Crippen LogP contribution in [0.25, 0.3) is 0 Å². The molecule has 0 saturated heterocycles. The monoisotopic (exact) mass is 198 g/mol. The van der Waals surface area contributed by atoms with Crippen LogP contribution in [-0.4, -0.2) is 15.9 Å². The highest BCUT2D eigenvalue weighted by Gasteiger charge is 2.22. The van der Waals surface area contributed by atoms with E-state index in [-0.39, 0.29) is 5.60 Å². The molecule has 1 heterocycles. The van der Waals surface area contributed by atoms with Crippen molar-refractivity contribution in [2.24, 2.45) is 0 Å². The standard InChI is InChI=1S/C10H18N2O2/c1-6-7(2)8-9(12-14-11-8)13-10(3,4)5/h7H,6H2,1-5H3. The maximum absolute atomic E-state index is 5.63. The summed E-state index contributed by atoms with van der Waals surface area (Å²) in [6, 6.07) is 0. The predicted molar refractivity (Wildman–Crippen MR) is 53.4 cm³/mol. The van der Waals surface area contributed by atoms with Crippen LogP contribution in [0.4, 0.5) is 0 Å². The van der Waals surface area contributed by atoms with Crippen LogP contribution in [0.3, 0.4) is 0 Å². The predicted octanol–water partition coefficient (Wildman–Crippen LogP) is 2.76. The molecule has 4 nitrogen and oxygen atoms in total. The number of ether oxygens (including phenoxy) is 1. The van der Waals surface area contributed by atoms with Gasteiger partial charge in [0.1, 0.15) is 5.60 Å². The van der Waals surface area contributed by atoms with E-state index in [1.54, 1.807) is 0 Å². The van der Waals surface area contributed by atoms with Gasteiger partial charge in [-0.25, -0.2) is 4.63 Å². The summed E-state index contributed by atoms with van der Waals surface area (Å²) >= 11 is 0. The summed E-state index contributed by atoms with van der Waals surface area (Å²) < 4.78 is 10.3. The van der Waals surface area contributed by atoms with Gasteiger partial charge in [0.2, 0.25) is 0 Å². The van der Waals surface area contributed by atoms with Gasteiger partial charge in [-0.15, -0.1) is 0 Å². The molecule has 0 amide bonds. The van der Waals surface area contributed by atoms with Gasteiger partial charge in [0.25, 0.3) is 5.88 Å². The molecule has 0 aliphatic rings. The quantitative estimate of drug-likeness (QED) is 0.749. The molecule has 1 unspecified atom stereocenters. The molecule has 0 aliphatic heterocycles. The van der Waals surface area contributed by atoms with Crippen LogP contribution >= 0.6 is 0 Å². The number of aromatic nitrogens is 2. The minimum atomic E-state index is -0.263. The molecular formula is C10H18N2O2. The summed E-state index contributed by atoms with van der Waals surface area (Å²) in [6.07, 6.45) is 0.995. The van der Waals surface area contributed by atoms with Gasteiger partial charge in [-0.05, 0) is 32.3 Å². The zero-order chi connectivity index (χ0) is 10.8. The molecule has 4 heteroatoms. The number of hydrogen-bond donors (Lipinski definition) is 0. The zero-order valence-electron chi connectivity index (χ0n) is 9.50. The van der Waals surface area contributed by atoms with Gasteiger partial charge in [-0.3, -0.25) is 0 Å². The van der Waals surface area contributed by atoms with E-state index in [0.29, 0.717) is 11.8 Å². The molecule has 80 valence electrons. The first-order chi connectivity index (χ1) is 6.44. The molecule has 1 atom stereocenters. The van der Waals surface area contributed by atoms with E-state index in [9.17, 15) is 0 Å². The molecular weight excluding hydrogens is 180 g/mol. The first-order valence-electron chi connectivity index (χ1n) is 4.95. The second-order valence-corrected chi connectivity index (χ2v) is 4.48. The normalized spacial score (nSPS) is 14.1. The largest absolute Gasteiger partial charge is 0.468 e. The highest BCUT2D eigenvalue weighted by Crippen LogP contribution is 2.27. The Morgan fingerprint density at radius 1 is 1.36 bits per heavy atom. The highest BCUT2D eigenvalue weighted by atomic mass is 16.6. The second-order valence-electron chi connectivity index (χ2n) is 4.48. The lowest BCUT2D eigenvalue weighted by atomic mass is 10.1. The van der Waals surface area contributed by atoms with E-state index in [0.717, 1.165) is 12.1 Å². The van der Waals surface area contributed by atoms with Gasteiger partial charge in [0.05, 0.1) is 0 Å². The fourth-order valence-corrected chi connectivity index (χ4v) is 1.04. The Morgan fingerprint density at radius 3 is 2.50 bits per heavy atom. The maximum atomic E-state index is 5.63. The van der Waals surface area contributed by atoms with Gasteiger partial charge in [-0.1, -0.05) is 19.0 Å². The lowest BCUT2D eigenvalue weighted by Crippen LogP contribution is -2.24. The van der Waals surface area contributed by atoms with Crippen LogP contribution in [0.1, 0.15) is 52.7 Å². The first-order valence-corrected chi connectivity index (χ1v) is 4.95. The molecule has 0 aromatic carbocycles. The zero-order valence-corrected chi connectivity index (χ0v) is 9.50. The van der Waals surface area contributed by atoms with Gasteiger partial charge in [-0.2, -0.15) is 0 Å². The summed E-state index contributed by atoms with van der Waals surface area (Å²) in [5.41, 5.74) is 0.545. The summed E-state index contributed by atoms with van der Waals surface area (Å²) in [6.45, 7) is 10.1. The molecule has 0 radical (unpaired) electrons. The molecule has 0 bridgehead atoms. The lowest BCUT2D eigenvalue weighted by Gasteiger charge is -2.19. The molecule has 0 N–H and O–H groups in total. The summed E-state index contributed by atoms with van der Waals surface area (Å²) in [7, 11) is 0. The maximum Gasteiger partial charge on any atom is 0.279 e. The van der Waals surface area contributed by atoms with E-state index in [1.165, 1.54) is 0 Å². The van der Waals surface area contributed by atoms with Crippen molar-refractivity contribution in [2.75, 3.05) is 0 Å². The van der Waals surface area contributed by atoms with Crippen molar-refractivity contribution in [1.82, 2.24) is 10.3 Å². The molecule has 14 heavy (non-hydrogen) atoms. The minimum absolute atomic E-state index is 0.263. The van der Waals surface area contributed by atoms with Crippen LogP contribution < -0.4 is 4.74 Å². The third-order valence-electron chi connectivity index (χ3n) is 1.96. The Balaban J connectivity index is 2.82. The van der Waals surface area contributed by atoms with Gasteiger partial charge in [0, 0.05) is 5.92 Å². The van der Waals surface area contributed by atoms with Crippen LogP contribution in [0.5, 0.6) is 5.88 Å². The summed E-state index contributed by atoms with van der Waals surface area (Å²) in [4.78, 5) is 0. The molecule has 0 spiro atoms. The van der Waals surface area contributed by atoms with Crippen LogP contribution in [0.2, 0.25) is 0 Å². The fraction of sp³-hybridized carbons (Fsp3) is 0.800. The van der Waals surface area contributed by atoms with Crippen molar-refractivity contribution in [3.05, 3.63) is 5.69 Å². The van der Waals surface area contributed by atoms with Crippen molar-refractivity contribution in [2.45, 2.75) is 52.6 Å². The van der Waals surface area contributed by atoms with E-state index in [1.807, 2.05) is 20.8 Å². The van der Waals surface area contributed by atoms with Crippen molar-refractivity contribution in [3.63, 3.8) is 0 Å². The summed E-state index contributed by atoms with van der Waals surface area (Å²) in [5, 5.41) is 7.62. The average molecular weight is 198 g/mol. The van der Waals surface area contributed by atoms with E-state index >= 15 is 0 Å². The van der Waals surface area contributed by atoms with Crippen LogP contribution in [0.15, 0.2) is 4.63 Å². The Kier molecular flexibility index (Phi) is 3.13. The molecule has 0 saturated carbocycles. The molecule has 1 aromatic heterocycles. The Bertz CT molecular complexity index is 289. The lowest BCUT2D eigenvalue weighted by molar-refractivity contribution is 0.115. The van der Waals surface area contributed by atoms with E-state index in [4.69, 9.17) is 4.74 Å². The third-order valence-corrected chi connectivity index (χ3v) is 1.96. The minimum Gasteiger partial charge on any atom is -0.468 e. The van der Waals surface area contributed by atoms with E-state index < -0.39 is 0 Å². The Hall–Kier alpha value is -1.06. The SMILES string of the molecule is CCC(C)c1nonc1OC(C)(C)C. The van der Waals surface area contributed by atoms with Crippen molar-refractivity contribution < 1.29 is 9.37 Å². The van der Waals surface area contributed by atoms with Crippen molar-refractivity contribution in [3.8, 4) is 5.88 Å². The topological polar surface area (TPSA) is 48.2 Å². The van der Waals surface area contributed by atoms with Gasteiger partial charge in [0.15, 0.2) is 5.69 Å². The number of nitrogens with zero attached hydrogens (tertiary/aromatic N) is 2. The third kappa shape index (κ3) is 2.72. The molecule has 1 rings (SSSR count). The number of hydrogen-bond acceptors (Lipinski definition) is 4. The Morgan fingerprint density at radius 2 is 2.00 bits per heavy atom. The van der Waals surface area contributed by atoms with Crippen molar-refractivity contribution in [1.29, 1.82) is 0 Å². The van der Waals surface area contributed by atoms with Gasteiger partial charge >= 0.3 is 0 Å². The smallest absolute Gasteiger partial charge is 0.279 e. The summed E-state index contributed by atoms with van der Waals surface area (Å²) in [5.74, 6) is 0.838. The number of rotatable bonds is 3. The molecule has 0 fully saturated rings. The van der Waals surface area contributed by atoms with E-state index in [2.05, 4.69) is 28.8 Å².